The Morgan fingerprint density at radius 1 is 0.938 bits per heavy atom. The van der Waals surface area contributed by atoms with Gasteiger partial charge < -0.3 is 42.1 Å². The van der Waals surface area contributed by atoms with Gasteiger partial charge in [0.1, 0.15) is 17.8 Å². The molecule has 1 aromatic carbocycles. The Labute approximate surface area is 182 Å². The smallest absolute Gasteiger partial charge is 0.326 e. The lowest BCUT2D eigenvalue weighted by Gasteiger charge is -2.19. The molecule has 3 unspecified atom stereocenters. The van der Waals surface area contributed by atoms with E-state index in [1.54, 1.807) is 12.1 Å². The Balaban J connectivity index is 2.53. The average Bonchev–Trinajstić information content (AvgIpc) is 2.74. The first-order valence-electron chi connectivity index (χ1n) is 9.49. The molecule has 13 heteroatoms. The topological polar surface area (TPSA) is 228 Å². The van der Waals surface area contributed by atoms with Gasteiger partial charge in [-0.1, -0.05) is 12.1 Å². The largest absolute Gasteiger partial charge is 0.508 e. The number of hydrogen-bond donors (Lipinski definition) is 8. The summed E-state index contributed by atoms with van der Waals surface area (Å²) in [5.74, 6) is -5.17. The number of hydrogen-bond acceptors (Lipinski definition) is 8. The zero-order valence-corrected chi connectivity index (χ0v) is 17.0. The Hall–Kier alpha value is -3.71. The van der Waals surface area contributed by atoms with Crippen LogP contribution in [0.25, 0.3) is 0 Å². The fourth-order valence-corrected chi connectivity index (χ4v) is 2.51. The molecule has 0 aromatic heterocycles. The molecule has 0 aliphatic heterocycles. The van der Waals surface area contributed by atoms with Crippen LogP contribution >= 0.6 is 0 Å². The number of phenolic OH excluding ortho intramolecular Hbond substituents is 1. The number of nitrogens with two attached hydrogens (primary N) is 1. The quantitative estimate of drug-likeness (QED) is 0.154. The van der Waals surface area contributed by atoms with Crippen molar-refractivity contribution in [1.82, 2.24) is 16.0 Å². The average molecular weight is 454 g/mol. The molecule has 0 saturated carbocycles. The van der Waals surface area contributed by atoms with Gasteiger partial charge in [0, 0.05) is 6.42 Å². The highest BCUT2D eigenvalue weighted by molar-refractivity contribution is 5.92. The van der Waals surface area contributed by atoms with Gasteiger partial charge in [0.15, 0.2) is 0 Å². The third kappa shape index (κ3) is 9.40. The molecular weight excluding hydrogens is 428 g/mol. The molecule has 0 spiro atoms. The van der Waals surface area contributed by atoms with Crippen molar-refractivity contribution in [3.8, 4) is 5.75 Å². The molecule has 0 radical (unpaired) electrons. The van der Waals surface area contributed by atoms with E-state index in [9.17, 15) is 34.2 Å². The number of rotatable bonds is 13. The first-order valence-corrected chi connectivity index (χ1v) is 9.49. The number of carbonyl (C=O) groups is 5. The minimum atomic E-state index is -1.46. The minimum absolute atomic E-state index is 0.0457. The van der Waals surface area contributed by atoms with Gasteiger partial charge in [-0.2, -0.15) is 0 Å². The first-order chi connectivity index (χ1) is 15.0. The normalized spacial score (nSPS) is 13.3. The van der Waals surface area contributed by atoms with E-state index in [0.717, 1.165) is 0 Å². The van der Waals surface area contributed by atoms with Crippen LogP contribution in [0.1, 0.15) is 18.4 Å². The number of phenols is 1. The van der Waals surface area contributed by atoms with E-state index in [2.05, 4.69) is 16.0 Å². The maximum absolute atomic E-state index is 12.2. The van der Waals surface area contributed by atoms with Gasteiger partial charge in [0.25, 0.3) is 0 Å². The summed E-state index contributed by atoms with van der Waals surface area (Å²) in [4.78, 5) is 57.8. The fourth-order valence-electron chi connectivity index (χ4n) is 2.51. The summed E-state index contributed by atoms with van der Waals surface area (Å²) in [6, 6.07) is 2.05. The standard InChI is InChI=1S/C19H26N4O9/c20-12(7-10-1-3-11(25)4-2-10)17(29)23-14(9-24)18(30)21-8-15(26)22-13(19(31)32)5-6-16(27)28/h1-4,12-14,24-25H,5-9,20H2,(H,21,30)(H,22,26)(H,23,29)(H,27,28)(H,31,32). The number of benzene rings is 1. The number of carboxylic acid groups (broad SMARTS) is 2. The number of amides is 3. The van der Waals surface area contributed by atoms with Gasteiger partial charge in [0.05, 0.1) is 19.2 Å². The van der Waals surface area contributed by atoms with E-state index in [-0.39, 0.29) is 18.6 Å². The second-order valence-corrected chi connectivity index (χ2v) is 6.83. The van der Waals surface area contributed by atoms with Gasteiger partial charge in [-0.15, -0.1) is 0 Å². The number of aromatic hydroxyl groups is 1. The third-order valence-corrected chi connectivity index (χ3v) is 4.25. The van der Waals surface area contributed by atoms with E-state index < -0.39 is 67.4 Å². The molecule has 0 heterocycles. The predicted octanol–water partition coefficient (Wildman–Crippen LogP) is -2.71. The number of aliphatic carboxylic acids is 2. The van der Waals surface area contributed by atoms with Crippen molar-refractivity contribution in [2.24, 2.45) is 5.73 Å². The maximum atomic E-state index is 12.2. The van der Waals surface area contributed by atoms with Crippen LogP contribution in [0, 0.1) is 0 Å². The molecule has 3 atom stereocenters. The lowest BCUT2D eigenvalue weighted by molar-refractivity contribution is -0.143. The Kier molecular flexibility index (Phi) is 10.6. The molecule has 13 nitrogen and oxygen atoms in total. The Morgan fingerprint density at radius 3 is 2.09 bits per heavy atom. The molecule has 0 saturated heterocycles. The molecule has 0 bridgehead atoms. The number of carboxylic acids is 2. The summed E-state index contributed by atoms with van der Waals surface area (Å²) in [5.41, 5.74) is 6.45. The number of aliphatic hydroxyl groups is 1. The van der Waals surface area contributed by atoms with E-state index in [4.69, 9.17) is 15.9 Å². The molecule has 32 heavy (non-hydrogen) atoms. The SMILES string of the molecule is NC(Cc1ccc(O)cc1)C(=O)NC(CO)C(=O)NCC(=O)NC(CCC(=O)O)C(=O)O. The highest BCUT2D eigenvalue weighted by Gasteiger charge is 2.25. The van der Waals surface area contributed by atoms with Crippen LogP contribution in [0.5, 0.6) is 5.75 Å². The highest BCUT2D eigenvalue weighted by atomic mass is 16.4. The van der Waals surface area contributed by atoms with Crippen molar-refractivity contribution in [3.63, 3.8) is 0 Å². The number of carbonyl (C=O) groups excluding carboxylic acids is 3. The van der Waals surface area contributed by atoms with Crippen molar-refractivity contribution < 1.29 is 44.4 Å². The van der Waals surface area contributed by atoms with E-state index >= 15 is 0 Å². The van der Waals surface area contributed by atoms with Crippen LogP contribution in [0.2, 0.25) is 0 Å². The second kappa shape index (κ2) is 12.9. The van der Waals surface area contributed by atoms with E-state index in [0.29, 0.717) is 5.56 Å². The van der Waals surface area contributed by atoms with Gasteiger partial charge >= 0.3 is 11.9 Å². The van der Waals surface area contributed by atoms with Crippen molar-refractivity contribution in [3.05, 3.63) is 29.8 Å². The van der Waals surface area contributed by atoms with Gasteiger partial charge in [0.2, 0.25) is 17.7 Å². The minimum Gasteiger partial charge on any atom is -0.508 e. The molecule has 0 aliphatic carbocycles. The Bertz CT molecular complexity index is 829. The van der Waals surface area contributed by atoms with Crippen LogP contribution < -0.4 is 21.7 Å². The predicted molar refractivity (Wildman–Crippen MR) is 108 cm³/mol. The first kappa shape index (κ1) is 26.3. The molecule has 0 aliphatic rings. The molecule has 1 aromatic rings. The van der Waals surface area contributed by atoms with Gasteiger partial charge in [-0.25, -0.2) is 4.79 Å². The van der Waals surface area contributed by atoms with Gasteiger partial charge in [-0.05, 0) is 30.5 Å². The van der Waals surface area contributed by atoms with Crippen LogP contribution in [0.15, 0.2) is 24.3 Å². The number of aliphatic hydroxyl groups excluding tert-OH is 1. The van der Waals surface area contributed by atoms with Crippen molar-refractivity contribution in [2.75, 3.05) is 13.2 Å². The van der Waals surface area contributed by atoms with E-state index in [1.165, 1.54) is 12.1 Å². The fraction of sp³-hybridized carbons (Fsp3) is 0.421. The van der Waals surface area contributed by atoms with Crippen molar-refractivity contribution in [1.29, 1.82) is 0 Å². The van der Waals surface area contributed by atoms with E-state index in [1.807, 2.05) is 0 Å². The van der Waals surface area contributed by atoms with Gasteiger partial charge in [-0.3, -0.25) is 19.2 Å². The lowest BCUT2D eigenvalue weighted by Crippen LogP contribution is -2.55. The molecule has 0 fully saturated rings. The lowest BCUT2D eigenvalue weighted by atomic mass is 10.1. The zero-order valence-electron chi connectivity index (χ0n) is 17.0. The summed E-state index contributed by atoms with van der Waals surface area (Å²) in [7, 11) is 0. The third-order valence-electron chi connectivity index (χ3n) is 4.25. The molecule has 1 rings (SSSR count). The zero-order chi connectivity index (χ0) is 24.3. The maximum Gasteiger partial charge on any atom is 0.326 e. The van der Waals surface area contributed by atoms with Crippen molar-refractivity contribution in [2.45, 2.75) is 37.4 Å². The molecule has 3 amide bonds. The number of nitrogens with one attached hydrogen (secondary N) is 3. The summed E-state index contributed by atoms with van der Waals surface area (Å²) in [6.45, 7) is -1.46. The van der Waals surface area contributed by atoms with Crippen LogP contribution in [0.4, 0.5) is 0 Å². The summed E-state index contributed by atoms with van der Waals surface area (Å²) in [5, 5.41) is 42.7. The molecule has 9 N–H and O–H groups in total. The van der Waals surface area contributed by atoms with Crippen LogP contribution in [-0.4, -0.2) is 81.4 Å². The highest BCUT2D eigenvalue weighted by Crippen LogP contribution is 2.11. The molecule has 176 valence electrons. The summed E-state index contributed by atoms with van der Waals surface area (Å²) in [6.07, 6.45) is -0.730. The summed E-state index contributed by atoms with van der Waals surface area (Å²) < 4.78 is 0. The Morgan fingerprint density at radius 2 is 1.56 bits per heavy atom. The summed E-state index contributed by atoms with van der Waals surface area (Å²) >= 11 is 0. The molecular formula is C19H26N4O9. The van der Waals surface area contributed by atoms with Crippen LogP contribution in [-0.2, 0) is 30.4 Å². The monoisotopic (exact) mass is 454 g/mol. The van der Waals surface area contributed by atoms with Crippen molar-refractivity contribution >= 4 is 29.7 Å². The van der Waals surface area contributed by atoms with Crippen LogP contribution in [0.3, 0.4) is 0 Å². The second-order valence-electron chi connectivity index (χ2n) is 6.83.